The van der Waals surface area contributed by atoms with E-state index in [9.17, 15) is 22.4 Å². The van der Waals surface area contributed by atoms with Gasteiger partial charge < -0.3 is 15.0 Å². The Kier molecular flexibility index (Phi) is 8.26. The molecule has 1 aromatic heterocycles. The highest BCUT2D eigenvalue weighted by atomic mass is 32.2. The molecule has 3 rings (SSSR count). The number of hydrogen-bond acceptors (Lipinski definition) is 6. The van der Waals surface area contributed by atoms with E-state index in [1.54, 1.807) is 0 Å². The highest BCUT2D eigenvalue weighted by molar-refractivity contribution is 7.85. The fourth-order valence-corrected chi connectivity index (χ4v) is 2.77. The Labute approximate surface area is 167 Å². The molecule has 0 atom stereocenters. The summed E-state index contributed by atoms with van der Waals surface area (Å²) in [6, 6.07) is 5.08. The smallest absolute Gasteiger partial charge is 0.267 e. The molecular formula is C18H24FN3O6S. The third-order valence-corrected chi connectivity index (χ3v) is 4.08. The molecule has 1 fully saturated rings. The van der Waals surface area contributed by atoms with Crippen LogP contribution >= 0.6 is 0 Å². The number of amides is 1. The number of H-pyrrole nitrogens is 1. The van der Waals surface area contributed by atoms with Crippen LogP contribution in [0.25, 0.3) is 10.9 Å². The molecule has 0 unspecified atom stereocenters. The van der Waals surface area contributed by atoms with Crippen molar-refractivity contribution in [3.63, 3.8) is 0 Å². The molecule has 0 bridgehead atoms. The third-order valence-electron chi connectivity index (χ3n) is 4.08. The molecule has 160 valence electrons. The van der Waals surface area contributed by atoms with Crippen LogP contribution in [0.4, 0.5) is 4.39 Å². The van der Waals surface area contributed by atoms with Crippen molar-refractivity contribution in [2.75, 3.05) is 45.6 Å². The summed E-state index contributed by atoms with van der Waals surface area (Å²) >= 11 is 0. The second-order valence-corrected chi connectivity index (χ2v) is 8.00. The van der Waals surface area contributed by atoms with Gasteiger partial charge in [0.15, 0.2) is 5.43 Å². The SMILES string of the molecule is CS(=O)(=O)O.O=C(NCCCN1CCOCC1)c1cc(=O)c2cc(F)ccc2[nH]1. The zero-order chi connectivity index (χ0) is 21.4. The number of nitrogens with one attached hydrogen (secondary N) is 2. The first kappa shape index (κ1) is 22.9. The van der Waals surface area contributed by atoms with E-state index < -0.39 is 15.9 Å². The average molecular weight is 429 g/mol. The van der Waals surface area contributed by atoms with Gasteiger partial charge in [-0.05, 0) is 31.2 Å². The highest BCUT2D eigenvalue weighted by Gasteiger charge is 2.12. The van der Waals surface area contributed by atoms with E-state index in [0.717, 1.165) is 45.3 Å². The van der Waals surface area contributed by atoms with Crippen molar-refractivity contribution in [3.8, 4) is 0 Å². The summed E-state index contributed by atoms with van der Waals surface area (Å²) in [6.45, 7) is 4.78. The predicted molar refractivity (Wildman–Crippen MR) is 106 cm³/mol. The predicted octanol–water partition coefficient (Wildman–Crippen LogP) is 0.623. The fraction of sp³-hybridized carbons (Fsp3) is 0.444. The molecule has 11 heteroatoms. The maximum atomic E-state index is 13.2. The number of carbonyl (C=O) groups excluding carboxylic acids is 1. The number of morpholine rings is 1. The van der Waals surface area contributed by atoms with Gasteiger partial charge in [-0.3, -0.25) is 19.0 Å². The second-order valence-electron chi connectivity index (χ2n) is 6.53. The summed E-state index contributed by atoms with van der Waals surface area (Å²) in [4.78, 5) is 29.4. The lowest BCUT2D eigenvalue weighted by molar-refractivity contribution is 0.0374. The lowest BCUT2D eigenvalue weighted by Gasteiger charge is -2.26. The van der Waals surface area contributed by atoms with Gasteiger partial charge in [-0.1, -0.05) is 0 Å². The molecule has 1 aliphatic rings. The molecule has 0 radical (unpaired) electrons. The summed E-state index contributed by atoms with van der Waals surface area (Å²) in [5.74, 6) is -0.811. The average Bonchev–Trinajstić information content (AvgIpc) is 2.65. The van der Waals surface area contributed by atoms with Crippen molar-refractivity contribution in [3.05, 3.63) is 46.0 Å². The number of aromatic nitrogens is 1. The monoisotopic (exact) mass is 429 g/mol. The van der Waals surface area contributed by atoms with E-state index in [1.165, 1.54) is 18.2 Å². The van der Waals surface area contributed by atoms with Gasteiger partial charge in [0.2, 0.25) is 0 Å². The van der Waals surface area contributed by atoms with Crippen LogP contribution in [-0.4, -0.2) is 74.4 Å². The van der Waals surface area contributed by atoms with Crippen LogP contribution in [0.2, 0.25) is 0 Å². The number of benzene rings is 1. The maximum Gasteiger partial charge on any atom is 0.267 e. The minimum Gasteiger partial charge on any atom is -0.379 e. The van der Waals surface area contributed by atoms with Crippen molar-refractivity contribution in [2.45, 2.75) is 6.42 Å². The first-order valence-electron chi connectivity index (χ1n) is 8.97. The lowest BCUT2D eigenvalue weighted by atomic mass is 10.2. The van der Waals surface area contributed by atoms with Crippen molar-refractivity contribution >= 4 is 26.9 Å². The van der Waals surface area contributed by atoms with Crippen molar-refractivity contribution in [1.82, 2.24) is 15.2 Å². The largest absolute Gasteiger partial charge is 0.379 e. The van der Waals surface area contributed by atoms with Gasteiger partial charge in [-0.2, -0.15) is 8.42 Å². The zero-order valence-corrected chi connectivity index (χ0v) is 16.8. The quantitative estimate of drug-likeness (QED) is 0.469. The molecule has 29 heavy (non-hydrogen) atoms. The molecule has 0 spiro atoms. The van der Waals surface area contributed by atoms with Gasteiger partial charge in [-0.15, -0.1) is 0 Å². The second kappa shape index (κ2) is 10.4. The zero-order valence-electron chi connectivity index (χ0n) is 16.0. The van der Waals surface area contributed by atoms with Crippen molar-refractivity contribution < 1.29 is 26.9 Å². The normalized spacial score (nSPS) is 14.9. The number of rotatable bonds is 5. The van der Waals surface area contributed by atoms with E-state index in [0.29, 0.717) is 18.3 Å². The molecular weight excluding hydrogens is 405 g/mol. The maximum absolute atomic E-state index is 13.2. The van der Waals surface area contributed by atoms with E-state index >= 15 is 0 Å². The highest BCUT2D eigenvalue weighted by Crippen LogP contribution is 2.10. The summed E-state index contributed by atoms with van der Waals surface area (Å²) in [7, 11) is -3.67. The summed E-state index contributed by atoms with van der Waals surface area (Å²) in [6.07, 6.45) is 1.54. The third kappa shape index (κ3) is 8.28. The number of hydrogen-bond donors (Lipinski definition) is 3. The molecule has 3 N–H and O–H groups in total. The number of fused-ring (bicyclic) bond motifs is 1. The van der Waals surface area contributed by atoms with Gasteiger partial charge in [-0.25, -0.2) is 4.39 Å². The van der Waals surface area contributed by atoms with Crippen LogP contribution < -0.4 is 10.7 Å². The van der Waals surface area contributed by atoms with Gasteiger partial charge in [0.05, 0.1) is 25.0 Å². The molecule has 0 saturated carbocycles. The molecule has 0 aliphatic carbocycles. The Balaban J connectivity index is 0.000000537. The molecule has 1 amide bonds. The minimum absolute atomic E-state index is 0.186. The van der Waals surface area contributed by atoms with Crippen LogP contribution in [0.3, 0.4) is 0 Å². The van der Waals surface area contributed by atoms with E-state index in [2.05, 4.69) is 15.2 Å². The number of ether oxygens (including phenoxy) is 1. The molecule has 1 saturated heterocycles. The van der Waals surface area contributed by atoms with Crippen LogP contribution in [0, 0.1) is 5.82 Å². The fourth-order valence-electron chi connectivity index (χ4n) is 2.77. The topological polar surface area (TPSA) is 129 Å². The number of nitrogens with zero attached hydrogens (tertiary/aromatic N) is 1. The Morgan fingerprint density at radius 2 is 1.97 bits per heavy atom. The van der Waals surface area contributed by atoms with Crippen molar-refractivity contribution in [1.29, 1.82) is 0 Å². The van der Waals surface area contributed by atoms with Gasteiger partial charge in [0.1, 0.15) is 11.5 Å². The van der Waals surface area contributed by atoms with E-state index in [1.807, 2.05) is 0 Å². The lowest BCUT2D eigenvalue weighted by Crippen LogP contribution is -2.38. The van der Waals surface area contributed by atoms with Crippen LogP contribution in [-0.2, 0) is 14.9 Å². The first-order valence-corrected chi connectivity index (χ1v) is 10.8. The number of carbonyl (C=O) groups is 1. The standard InChI is InChI=1S/C17H20FN3O3.CH4O3S/c18-12-2-3-14-13(10-12)16(22)11-15(20-14)17(23)19-4-1-5-21-6-8-24-9-7-21;1-5(2,3)4/h2-3,10-11H,1,4-9H2,(H,19,23)(H,20,22);1H3,(H,2,3,4). The summed E-state index contributed by atoms with van der Waals surface area (Å²) in [5, 5.41) is 3.04. The Morgan fingerprint density at radius 3 is 2.62 bits per heavy atom. The van der Waals surface area contributed by atoms with E-state index in [4.69, 9.17) is 9.29 Å². The van der Waals surface area contributed by atoms with Crippen molar-refractivity contribution in [2.24, 2.45) is 0 Å². The number of pyridine rings is 1. The summed E-state index contributed by atoms with van der Waals surface area (Å²) in [5.41, 5.74) is 0.259. The molecule has 1 aliphatic heterocycles. The van der Waals surface area contributed by atoms with Gasteiger partial charge >= 0.3 is 0 Å². The van der Waals surface area contributed by atoms with Gasteiger partial charge in [0.25, 0.3) is 16.0 Å². The molecule has 2 heterocycles. The minimum atomic E-state index is -3.67. The molecule has 2 aromatic rings. The molecule has 9 nitrogen and oxygen atoms in total. The first-order chi connectivity index (χ1) is 13.6. The van der Waals surface area contributed by atoms with Crippen LogP contribution in [0.1, 0.15) is 16.9 Å². The number of halogens is 1. The van der Waals surface area contributed by atoms with E-state index in [-0.39, 0.29) is 22.4 Å². The Hall–Kier alpha value is -2.34. The summed E-state index contributed by atoms with van der Waals surface area (Å²) < 4.78 is 44.3. The molecule has 1 aromatic carbocycles. The van der Waals surface area contributed by atoms with Gasteiger partial charge in [0, 0.05) is 31.1 Å². The van der Waals surface area contributed by atoms with Crippen LogP contribution in [0.15, 0.2) is 29.1 Å². The Bertz CT molecular complexity index is 994. The Morgan fingerprint density at radius 1 is 1.31 bits per heavy atom. The number of aromatic amines is 1. The van der Waals surface area contributed by atoms with Crippen LogP contribution in [0.5, 0.6) is 0 Å².